The van der Waals surface area contributed by atoms with E-state index >= 15 is 0 Å². The molecule has 1 atom stereocenters. The number of methoxy groups -OCH3 is 1. The number of hydrogen-bond donors (Lipinski definition) is 1. The highest BCUT2D eigenvalue weighted by Crippen LogP contribution is 2.15. The summed E-state index contributed by atoms with van der Waals surface area (Å²) in [6.07, 6.45) is -0.184. The number of amides is 1. The van der Waals surface area contributed by atoms with Crippen molar-refractivity contribution in [3.8, 4) is 0 Å². The Morgan fingerprint density at radius 2 is 1.72 bits per heavy atom. The number of carbonyl (C=O) groups is 3. The fourth-order valence-electron chi connectivity index (χ4n) is 2.27. The molecule has 0 fully saturated rings. The van der Waals surface area contributed by atoms with Gasteiger partial charge in [0.25, 0.3) is 0 Å². The van der Waals surface area contributed by atoms with Crippen LogP contribution in [0.25, 0.3) is 0 Å². The topological polar surface area (TPSA) is 81.7 Å². The van der Waals surface area contributed by atoms with Crippen molar-refractivity contribution in [2.45, 2.75) is 52.7 Å². The average Bonchev–Trinajstić information content (AvgIpc) is 2.50. The van der Waals surface area contributed by atoms with Crippen LogP contribution in [-0.2, 0) is 9.47 Å². The molecule has 1 aromatic rings. The third-order valence-electron chi connectivity index (χ3n) is 3.28. The molecule has 25 heavy (non-hydrogen) atoms. The van der Waals surface area contributed by atoms with E-state index in [0.29, 0.717) is 12.0 Å². The van der Waals surface area contributed by atoms with Gasteiger partial charge in [-0.25, -0.2) is 9.59 Å². The van der Waals surface area contributed by atoms with Gasteiger partial charge in [0.1, 0.15) is 5.60 Å². The number of alkyl carbamates (subject to hydrolysis) is 1. The van der Waals surface area contributed by atoms with E-state index in [4.69, 9.17) is 4.74 Å². The second kappa shape index (κ2) is 8.65. The smallest absolute Gasteiger partial charge is 0.408 e. The van der Waals surface area contributed by atoms with Gasteiger partial charge in [0.15, 0.2) is 5.78 Å². The molecular weight excluding hydrogens is 322 g/mol. The molecule has 0 aliphatic heterocycles. The van der Waals surface area contributed by atoms with E-state index in [1.165, 1.54) is 13.2 Å². The Balaban J connectivity index is 3.00. The van der Waals surface area contributed by atoms with Crippen LogP contribution in [0.4, 0.5) is 4.79 Å². The van der Waals surface area contributed by atoms with E-state index < -0.39 is 23.7 Å². The van der Waals surface area contributed by atoms with E-state index in [-0.39, 0.29) is 17.3 Å². The lowest BCUT2D eigenvalue weighted by molar-refractivity contribution is 0.0484. The number of nitrogens with one attached hydrogen (secondary N) is 1. The number of Topliss-reactive ketones (excluding diaryl/α,β-unsaturated/α-hetero) is 1. The van der Waals surface area contributed by atoms with Gasteiger partial charge >= 0.3 is 12.1 Å². The third kappa shape index (κ3) is 6.95. The van der Waals surface area contributed by atoms with Crippen molar-refractivity contribution in [2.24, 2.45) is 5.92 Å². The van der Waals surface area contributed by atoms with Crippen LogP contribution in [-0.4, -0.2) is 36.6 Å². The zero-order valence-electron chi connectivity index (χ0n) is 15.7. The van der Waals surface area contributed by atoms with E-state index in [2.05, 4.69) is 10.1 Å². The van der Waals surface area contributed by atoms with Crippen molar-refractivity contribution in [1.29, 1.82) is 0 Å². The summed E-state index contributed by atoms with van der Waals surface area (Å²) in [4.78, 5) is 36.5. The summed E-state index contributed by atoms with van der Waals surface area (Å²) in [7, 11) is 1.28. The molecule has 1 N–H and O–H groups in total. The summed E-state index contributed by atoms with van der Waals surface area (Å²) in [5.74, 6) is -0.604. The van der Waals surface area contributed by atoms with Gasteiger partial charge in [-0.15, -0.1) is 0 Å². The maximum Gasteiger partial charge on any atom is 0.408 e. The Labute approximate surface area is 148 Å². The minimum atomic E-state index is -0.734. The molecule has 1 rings (SSSR count). The monoisotopic (exact) mass is 349 g/mol. The van der Waals surface area contributed by atoms with Gasteiger partial charge in [-0.2, -0.15) is 0 Å². The van der Waals surface area contributed by atoms with Gasteiger partial charge in [0, 0.05) is 5.56 Å². The number of hydrogen-bond acceptors (Lipinski definition) is 5. The Morgan fingerprint density at radius 3 is 2.24 bits per heavy atom. The number of ether oxygens (including phenoxy) is 2. The molecular formula is C19H27NO5. The summed E-state index contributed by atoms with van der Waals surface area (Å²) >= 11 is 0. The third-order valence-corrected chi connectivity index (χ3v) is 3.28. The number of ketones is 1. The van der Waals surface area contributed by atoms with Gasteiger partial charge in [0.05, 0.1) is 18.7 Å². The molecule has 1 aromatic carbocycles. The van der Waals surface area contributed by atoms with Crippen molar-refractivity contribution in [2.75, 3.05) is 7.11 Å². The van der Waals surface area contributed by atoms with E-state index in [9.17, 15) is 14.4 Å². The highest BCUT2D eigenvalue weighted by atomic mass is 16.6. The number of esters is 1. The molecule has 0 aliphatic rings. The molecule has 0 heterocycles. The number of rotatable bonds is 6. The first-order chi connectivity index (χ1) is 11.5. The molecule has 0 saturated heterocycles. The maximum absolute atomic E-state index is 12.8. The quantitative estimate of drug-likeness (QED) is 0.627. The molecule has 0 saturated carbocycles. The summed E-state index contributed by atoms with van der Waals surface area (Å²) in [6.45, 7) is 9.19. The van der Waals surface area contributed by atoms with Crippen molar-refractivity contribution in [3.05, 3.63) is 35.4 Å². The SMILES string of the molecule is COC(=O)c1cccc(C(=O)C(CC(C)C)NC(=O)OC(C)(C)C)c1. The lowest BCUT2D eigenvalue weighted by atomic mass is 9.95. The van der Waals surface area contributed by atoms with Crippen molar-refractivity contribution >= 4 is 17.8 Å². The van der Waals surface area contributed by atoms with Crippen molar-refractivity contribution in [1.82, 2.24) is 5.32 Å². The second-order valence-electron chi connectivity index (χ2n) is 7.27. The zero-order chi connectivity index (χ0) is 19.2. The van der Waals surface area contributed by atoms with Crippen molar-refractivity contribution < 1.29 is 23.9 Å². The first kappa shape index (κ1) is 20.7. The van der Waals surface area contributed by atoms with E-state index in [1.807, 2.05) is 13.8 Å². The van der Waals surface area contributed by atoms with Crippen LogP contribution in [0.15, 0.2) is 24.3 Å². The van der Waals surface area contributed by atoms with Crippen molar-refractivity contribution in [3.63, 3.8) is 0 Å². The highest BCUT2D eigenvalue weighted by Gasteiger charge is 2.26. The van der Waals surface area contributed by atoms with E-state index in [1.54, 1.807) is 39.0 Å². The zero-order valence-corrected chi connectivity index (χ0v) is 15.7. The van der Waals surface area contributed by atoms with E-state index in [0.717, 1.165) is 0 Å². The van der Waals surface area contributed by atoms with Crippen LogP contribution in [0.1, 0.15) is 61.8 Å². The van der Waals surface area contributed by atoms with Crippen LogP contribution in [0.3, 0.4) is 0 Å². The number of carbonyl (C=O) groups excluding carboxylic acids is 3. The van der Waals surface area contributed by atoms with Gasteiger partial charge in [-0.05, 0) is 45.2 Å². The van der Waals surface area contributed by atoms with Gasteiger partial charge < -0.3 is 14.8 Å². The highest BCUT2D eigenvalue weighted by molar-refractivity contribution is 6.03. The van der Waals surface area contributed by atoms with Crippen LogP contribution < -0.4 is 5.32 Å². The van der Waals surface area contributed by atoms with Crippen LogP contribution in [0.2, 0.25) is 0 Å². The van der Waals surface area contributed by atoms with Gasteiger partial charge in [0.2, 0.25) is 0 Å². The Kier molecular flexibility index (Phi) is 7.15. The minimum Gasteiger partial charge on any atom is -0.465 e. The fourth-order valence-corrected chi connectivity index (χ4v) is 2.27. The molecule has 6 nitrogen and oxygen atoms in total. The largest absolute Gasteiger partial charge is 0.465 e. The van der Waals surface area contributed by atoms with Gasteiger partial charge in [-0.3, -0.25) is 4.79 Å². The fraction of sp³-hybridized carbons (Fsp3) is 0.526. The number of benzene rings is 1. The molecule has 0 bridgehead atoms. The molecule has 138 valence electrons. The molecule has 6 heteroatoms. The molecule has 0 aliphatic carbocycles. The Hall–Kier alpha value is -2.37. The Bertz CT molecular complexity index is 631. The van der Waals surface area contributed by atoms with Crippen LogP contribution in [0.5, 0.6) is 0 Å². The predicted molar refractivity (Wildman–Crippen MR) is 94.7 cm³/mol. The molecule has 0 spiro atoms. The lowest BCUT2D eigenvalue weighted by Gasteiger charge is -2.24. The first-order valence-electron chi connectivity index (χ1n) is 8.25. The van der Waals surface area contributed by atoms with Crippen LogP contribution >= 0.6 is 0 Å². The van der Waals surface area contributed by atoms with Gasteiger partial charge in [-0.1, -0.05) is 26.0 Å². The molecule has 0 radical (unpaired) electrons. The summed E-state index contributed by atoms with van der Waals surface area (Å²) in [5, 5.41) is 2.64. The standard InChI is InChI=1S/C19H27NO5/c1-12(2)10-15(20-18(23)25-19(3,4)5)16(21)13-8-7-9-14(11-13)17(22)24-6/h7-9,11-12,15H,10H2,1-6H3,(H,20,23). The van der Waals surface area contributed by atoms with Crippen LogP contribution in [0, 0.1) is 5.92 Å². The average molecular weight is 349 g/mol. The summed E-state index contributed by atoms with van der Waals surface area (Å²) < 4.78 is 9.91. The summed E-state index contributed by atoms with van der Waals surface area (Å²) in [6, 6.07) is 5.53. The predicted octanol–water partition coefficient (Wildman–Crippen LogP) is 3.60. The second-order valence-corrected chi connectivity index (χ2v) is 7.27. The molecule has 1 unspecified atom stereocenters. The summed E-state index contributed by atoms with van der Waals surface area (Å²) in [5.41, 5.74) is -0.0288. The molecule has 0 aromatic heterocycles. The minimum absolute atomic E-state index is 0.188. The Morgan fingerprint density at radius 1 is 1.12 bits per heavy atom. The first-order valence-corrected chi connectivity index (χ1v) is 8.25. The lowest BCUT2D eigenvalue weighted by Crippen LogP contribution is -2.44. The molecule has 1 amide bonds. The maximum atomic E-state index is 12.8. The normalized spacial score (nSPS) is 12.4.